The maximum absolute atomic E-state index is 13.6. The van der Waals surface area contributed by atoms with Crippen LogP contribution < -0.4 is 14.4 Å². The minimum absolute atomic E-state index is 0.0179. The third-order valence-electron chi connectivity index (χ3n) is 8.99. The smallest absolute Gasteiger partial charge is 0.328 e. The summed E-state index contributed by atoms with van der Waals surface area (Å²) >= 11 is 12.1. The van der Waals surface area contributed by atoms with Gasteiger partial charge in [0.1, 0.15) is 17.2 Å². The molecule has 0 unspecified atom stereocenters. The number of piperazine rings is 1. The van der Waals surface area contributed by atoms with E-state index in [4.69, 9.17) is 42.9 Å². The number of halogens is 2. The van der Waals surface area contributed by atoms with Crippen LogP contribution in [-0.2, 0) is 23.2 Å². The van der Waals surface area contributed by atoms with E-state index in [9.17, 15) is 19.2 Å². The van der Waals surface area contributed by atoms with Crippen molar-refractivity contribution in [3.63, 3.8) is 0 Å². The summed E-state index contributed by atoms with van der Waals surface area (Å²) in [6.07, 6.45) is 1.12. The Morgan fingerprint density at radius 2 is 1.50 bits per heavy atom. The van der Waals surface area contributed by atoms with Crippen molar-refractivity contribution in [3.8, 4) is 17.4 Å². The van der Waals surface area contributed by atoms with Gasteiger partial charge in [-0.05, 0) is 80.1 Å². The second-order valence-electron chi connectivity index (χ2n) is 12.8. The molecule has 1 saturated heterocycles. The maximum atomic E-state index is 13.6. The number of carboxylic acid groups (broad SMARTS) is 2. The SMILES string of the molecule is CCOc1ccc(CN2CCN(C(=O)c3cc4cc(Oc5ccc(N(C)C(=O)c6ccc(Cl)c(Cl)c6)c(C)n5)ccc4n3C)CC2)cc1.O=C(O)C=CC(=O)O. The predicted octanol–water partition coefficient (Wildman–Crippen LogP) is 7.33. The summed E-state index contributed by atoms with van der Waals surface area (Å²) in [6.45, 7) is 8.25. The summed E-state index contributed by atoms with van der Waals surface area (Å²) in [5.41, 5.74) is 4.47. The van der Waals surface area contributed by atoms with Gasteiger partial charge in [-0.3, -0.25) is 14.5 Å². The third kappa shape index (κ3) is 10.4. The van der Waals surface area contributed by atoms with Gasteiger partial charge in [0.2, 0.25) is 5.88 Å². The topological polar surface area (TPSA) is 155 Å². The number of carbonyl (C=O) groups is 4. The highest BCUT2D eigenvalue weighted by atomic mass is 35.5. The Kier molecular flexibility index (Phi) is 13.7. The standard InChI is InChI=1S/C37H37Cl2N5O4.C4H4O4/c1-5-47-28-9-6-25(7-10-28)23-43-16-18-44(19-17-43)37(46)34-22-27-20-29(11-13-33(27)41(34)3)48-35-15-14-32(24(2)40-35)42(4)36(45)26-8-12-30(38)31(39)21-26;5-3(6)1-2-4(7)8/h6-15,20-22H,5,16-19,23H2,1-4H3;1-2H,(H,5,6)(H,7,8). The summed E-state index contributed by atoms with van der Waals surface area (Å²) < 4.78 is 13.6. The number of aryl methyl sites for hydroxylation is 2. The fourth-order valence-corrected chi connectivity index (χ4v) is 6.42. The summed E-state index contributed by atoms with van der Waals surface area (Å²) in [5.74, 6) is -0.871. The van der Waals surface area contributed by atoms with Gasteiger partial charge in [-0.1, -0.05) is 35.3 Å². The highest BCUT2D eigenvalue weighted by Crippen LogP contribution is 2.30. The predicted molar refractivity (Wildman–Crippen MR) is 214 cm³/mol. The molecule has 3 aromatic carbocycles. The molecule has 13 nitrogen and oxygen atoms in total. The van der Waals surface area contributed by atoms with E-state index in [2.05, 4.69) is 22.0 Å². The number of hydrogen-bond donors (Lipinski definition) is 2. The number of aromatic nitrogens is 2. The quantitative estimate of drug-likeness (QED) is 0.130. The Hall–Kier alpha value is -5.89. The molecule has 0 atom stereocenters. The summed E-state index contributed by atoms with van der Waals surface area (Å²) in [4.78, 5) is 56.2. The lowest BCUT2D eigenvalue weighted by molar-refractivity contribution is -0.134. The first-order valence-corrected chi connectivity index (χ1v) is 18.3. The molecule has 3 heterocycles. The largest absolute Gasteiger partial charge is 0.494 e. The van der Waals surface area contributed by atoms with Crippen LogP contribution in [0.2, 0.25) is 10.0 Å². The average Bonchev–Trinajstić information content (AvgIpc) is 3.50. The molecule has 1 fully saturated rings. The second-order valence-corrected chi connectivity index (χ2v) is 13.6. The lowest BCUT2D eigenvalue weighted by Gasteiger charge is -2.34. The number of ether oxygens (including phenoxy) is 2. The Balaban J connectivity index is 0.000000677. The van der Waals surface area contributed by atoms with Gasteiger partial charge in [0.15, 0.2) is 0 Å². The van der Waals surface area contributed by atoms with Crippen LogP contribution in [0.25, 0.3) is 10.9 Å². The fraction of sp³-hybridized carbons (Fsp3) is 0.244. The molecule has 0 bridgehead atoms. The molecule has 0 radical (unpaired) electrons. The number of carboxylic acids is 2. The van der Waals surface area contributed by atoms with Crippen LogP contribution in [0.5, 0.6) is 17.4 Å². The van der Waals surface area contributed by atoms with Crippen molar-refractivity contribution >= 4 is 63.5 Å². The number of hydrogen-bond acceptors (Lipinski definition) is 8. The normalized spacial score (nSPS) is 12.9. The first-order chi connectivity index (χ1) is 26.7. The van der Waals surface area contributed by atoms with Gasteiger partial charge in [-0.25, -0.2) is 14.6 Å². The summed E-state index contributed by atoms with van der Waals surface area (Å²) in [7, 11) is 3.60. The molecule has 2 amide bonds. The minimum atomic E-state index is -1.26. The molecule has 2 N–H and O–H groups in total. The zero-order chi connectivity index (χ0) is 40.5. The van der Waals surface area contributed by atoms with E-state index in [1.54, 1.807) is 37.4 Å². The Labute approximate surface area is 333 Å². The van der Waals surface area contributed by atoms with Gasteiger partial charge >= 0.3 is 11.9 Å². The number of carbonyl (C=O) groups excluding carboxylic acids is 2. The van der Waals surface area contributed by atoms with Crippen molar-refractivity contribution in [2.45, 2.75) is 20.4 Å². The van der Waals surface area contributed by atoms with E-state index >= 15 is 0 Å². The van der Waals surface area contributed by atoms with Crippen molar-refractivity contribution in [2.75, 3.05) is 44.7 Å². The van der Waals surface area contributed by atoms with Crippen molar-refractivity contribution in [1.29, 1.82) is 0 Å². The zero-order valence-electron chi connectivity index (χ0n) is 31.2. The number of pyridine rings is 1. The Morgan fingerprint density at radius 1 is 0.839 bits per heavy atom. The van der Waals surface area contributed by atoms with Gasteiger partial charge in [-0.2, -0.15) is 0 Å². The molecule has 6 rings (SSSR count). The molecule has 5 aromatic rings. The maximum Gasteiger partial charge on any atom is 0.328 e. The monoisotopic (exact) mass is 801 g/mol. The first-order valence-electron chi connectivity index (χ1n) is 17.6. The molecule has 15 heteroatoms. The molecule has 0 saturated carbocycles. The van der Waals surface area contributed by atoms with Crippen LogP contribution in [0.1, 0.15) is 39.0 Å². The fourth-order valence-electron chi connectivity index (χ4n) is 6.12. The lowest BCUT2D eigenvalue weighted by atomic mass is 10.2. The summed E-state index contributed by atoms with van der Waals surface area (Å²) in [5, 5.41) is 17.2. The van der Waals surface area contributed by atoms with Gasteiger partial charge in [-0.15, -0.1) is 0 Å². The molecule has 292 valence electrons. The van der Waals surface area contributed by atoms with E-state index in [-0.39, 0.29) is 11.8 Å². The van der Waals surface area contributed by atoms with E-state index in [1.165, 1.54) is 10.5 Å². The Bertz CT molecular complexity index is 2250. The van der Waals surface area contributed by atoms with Crippen molar-refractivity contribution in [2.24, 2.45) is 7.05 Å². The van der Waals surface area contributed by atoms with Gasteiger partial charge in [0.05, 0.1) is 28.0 Å². The van der Waals surface area contributed by atoms with Gasteiger partial charge in [0, 0.05) is 81.5 Å². The van der Waals surface area contributed by atoms with Crippen molar-refractivity contribution in [3.05, 3.63) is 124 Å². The molecule has 0 spiro atoms. The molecular weight excluding hydrogens is 761 g/mol. The third-order valence-corrected chi connectivity index (χ3v) is 9.73. The number of anilines is 1. The molecule has 0 aliphatic carbocycles. The van der Waals surface area contributed by atoms with Crippen molar-refractivity contribution in [1.82, 2.24) is 19.4 Å². The van der Waals surface area contributed by atoms with Crippen LogP contribution in [0.4, 0.5) is 5.69 Å². The molecule has 1 aliphatic rings. The second kappa shape index (κ2) is 18.6. The molecule has 2 aromatic heterocycles. The van der Waals surface area contributed by atoms with Crippen LogP contribution in [0.3, 0.4) is 0 Å². The van der Waals surface area contributed by atoms with Crippen LogP contribution >= 0.6 is 23.2 Å². The number of amides is 2. The van der Waals surface area contributed by atoms with Crippen LogP contribution in [-0.4, -0.2) is 93.2 Å². The highest BCUT2D eigenvalue weighted by molar-refractivity contribution is 6.42. The summed E-state index contributed by atoms with van der Waals surface area (Å²) in [6, 6.07) is 24.2. The molecule has 1 aliphatic heterocycles. The number of nitrogens with zero attached hydrogens (tertiary/aromatic N) is 5. The minimum Gasteiger partial charge on any atom is -0.494 e. The lowest BCUT2D eigenvalue weighted by Crippen LogP contribution is -2.48. The van der Waals surface area contributed by atoms with Gasteiger partial charge in [0.25, 0.3) is 11.8 Å². The highest BCUT2D eigenvalue weighted by Gasteiger charge is 2.25. The molecular formula is C41H41Cl2N5O8. The van der Waals surface area contributed by atoms with Crippen LogP contribution in [0.15, 0.2) is 91.0 Å². The first kappa shape index (κ1) is 41.3. The number of aliphatic carboxylic acids is 2. The zero-order valence-corrected chi connectivity index (χ0v) is 32.8. The van der Waals surface area contributed by atoms with Crippen LogP contribution in [0, 0.1) is 6.92 Å². The number of benzene rings is 3. The Morgan fingerprint density at radius 3 is 2.11 bits per heavy atom. The van der Waals surface area contributed by atoms with E-state index < -0.39 is 11.9 Å². The van der Waals surface area contributed by atoms with E-state index in [0.717, 1.165) is 36.3 Å². The van der Waals surface area contributed by atoms with Crippen molar-refractivity contribution < 1.29 is 38.9 Å². The van der Waals surface area contributed by atoms with Gasteiger partial charge < -0.3 is 34.1 Å². The molecule has 56 heavy (non-hydrogen) atoms. The number of fused-ring (bicyclic) bond motifs is 1. The number of rotatable bonds is 11. The van der Waals surface area contributed by atoms with E-state index in [1.807, 2.05) is 66.8 Å². The van der Waals surface area contributed by atoms with E-state index in [0.29, 0.717) is 76.2 Å². The average molecular weight is 803 g/mol.